The van der Waals surface area contributed by atoms with E-state index >= 15 is 0 Å². The van der Waals surface area contributed by atoms with Gasteiger partial charge in [-0.1, -0.05) is 55.0 Å². The minimum Gasteiger partial charge on any atom is -0.480 e. The fraction of sp³-hybridized carbons (Fsp3) is 0.385. The monoisotopic (exact) mass is 477 g/mol. The van der Waals surface area contributed by atoms with Gasteiger partial charge in [-0.2, -0.15) is 0 Å². The second-order valence-corrected chi connectivity index (χ2v) is 9.60. The highest BCUT2D eigenvalue weighted by Gasteiger charge is 2.52. The van der Waals surface area contributed by atoms with Gasteiger partial charge in [0.15, 0.2) is 6.04 Å². The summed E-state index contributed by atoms with van der Waals surface area (Å²) in [5.41, 5.74) is 5.77. The molecule has 182 valence electrons. The molecule has 2 aromatic carbocycles. The number of nitrogens with one attached hydrogen (secondary N) is 2. The molecule has 35 heavy (non-hydrogen) atoms. The molecule has 0 aromatic heterocycles. The van der Waals surface area contributed by atoms with Crippen molar-refractivity contribution in [3.05, 3.63) is 59.7 Å². The Balaban J connectivity index is 1.27. The van der Waals surface area contributed by atoms with E-state index in [1.165, 1.54) is 0 Å². The minimum atomic E-state index is -1.26. The van der Waals surface area contributed by atoms with Crippen molar-refractivity contribution in [3.8, 4) is 11.1 Å². The van der Waals surface area contributed by atoms with Gasteiger partial charge in [0, 0.05) is 12.0 Å². The van der Waals surface area contributed by atoms with Gasteiger partial charge in [0.1, 0.15) is 6.61 Å². The normalized spacial score (nSPS) is 25.1. The molecule has 2 fully saturated rings. The molecule has 3 atom stereocenters. The van der Waals surface area contributed by atoms with E-state index in [2.05, 4.69) is 22.9 Å². The molecule has 1 saturated heterocycles. The fourth-order valence-corrected chi connectivity index (χ4v) is 5.63. The van der Waals surface area contributed by atoms with E-state index in [4.69, 9.17) is 4.74 Å². The third kappa shape index (κ3) is 3.90. The van der Waals surface area contributed by atoms with Crippen LogP contribution < -0.4 is 10.7 Å². The van der Waals surface area contributed by atoms with E-state index < -0.39 is 41.4 Å². The Morgan fingerprint density at radius 2 is 1.74 bits per heavy atom. The Labute approximate surface area is 202 Å². The van der Waals surface area contributed by atoms with Crippen LogP contribution in [0.3, 0.4) is 0 Å². The molecule has 3 unspecified atom stereocenters. The van der Waals surface area contributed by atoms with Crippen molar-refractivity contribution in [3.63, 3.8) is 0 Å². The summed E-state index contributed by atoms with van der Waals surface area (Å²) in [6, 6.07) is 14.3. The van der Waals surface area contributed by atoms with E-state index in [1.807, 2.05) is 36.4 Å². The topological polar surface area (TPSA) is 125 Å². The Hall–Kier alpha value is -3.88. The molecule has 1 saturated carbocycles. The molecule has 0 radical (unpaired) electrons. The average molecular weight is 478 g/mol. The summed E-state index contributed by atoms with van der Waals surface area (Å²) in [5, 5.41) is 13.2. The quantitative estimate of drug-likeness (QED) is 0.608. The number of rotatable bonds is 5. The number of hydrogen-bond acceptors (Lipinski definition) is 5. The second kappa shape index (κ2) is 8.72. The zero-order chi connectivity index (χ0) is 24.7. The highest BCUT2D eigenvalue weighted by atomic mass is 16.5. The van der Waals surface area contributed by atoms with Crippen LogP contribution >= 0.6 is 0 Å². The summed E-state index contributed by atoms with van der Waals surface area (Å²) in [6.45, 7) is 1.85. The lowest BCUT2D eigenvalue weighted by atomic mass is 9.83. The number of carboxylic acid groups (broad SMARTS) is 1. The Morgan fingerprint density at radius 1 is 1.11 bits per heavy atom. The van der Waals surface area contributed by atoms with Crippen molar-refractivity contribution in [2.45, 2.75) is 50.6 Å². The summed E-state index contributed by atoms with van der Waals surface area (Å²) in [4.78, 5) is 49.5. The lowest BCUT2D eigenvalue weighted by Gasteiger charge is -2.35. The summed E-state index contributed by atoms with van der Waals surface area (Å²) in [7, 11) is 0. The smallest absolute Gasteiger partial charge is 0.407 e. The molecule has 3 aliphatic rings. The third-order valence-corrected chi connectivity index (χ3v) is 7.52. The number of hydrogen-bond donors (Lipinski definition) is 3. The Bertz CT molecular complexity index is 1170. The molecule has 1 heterocycles. The number of carbonyl (C=O) groups excluding carboxylic acids is 3. The molecule has 3 amide bonds. The van der Waals surface area contributed by atoms with E-state index in [-0.39, 0.29) is 18.9 Å². The number of carbonyl (C=O) groups is 4. The zero-order valence-electron chi connectivity index (χ0n) is 19.3. The molecule has 9 nitrogen and oxygen atoms in total. The van der Waals surface area contributed by atoms with Crippen LogP contribution in [0.15, 0.2) is 48.5 Å². The SMILES string of the molecule is CC1(C(=O)N2NC(=O)CC2C(=O)O)CCCC1NC(=O)OCC1c2ccccc2-c2ccccc21. The van der Waals surface area contributed by atoms with Crippen LogP contribution in [-0.2, 0) is 19.1 Å². The standard InChI is InChI=1S/C26H27N3O6/c1-26(24(33)29-20(23(31)32)13-22(30)28-29)12-6-11-21(26)27-25(34)35-14-19-17-9-4-2-7-15(17)16-8-3-5-10-18(16)19/h2-5,7-10,19-21H,6,11-14H2,1H3,(H,27,34)(H,28,30)(H,31,32). The molecule has 2 aliphatic carbocycles. The predicted octanol–water partition coefficient (Wildman–Crippen LogP) is 2.80. The van der Waals surface area contributed by atoms with Crippen molar-refractivity contribution in [2.75, 3.05) is 6.61 Å². The maximum atomic E-state index is 13.3. The molecular weight excluding hydrogens is 450 g/mol. The first kappa shape index (κ1) is 22.9. The van der Waals surface area contributed by atoms with Crippen LogP contribution in [0.25, 0.3) is 11.1 Å². The van der Waals surface area contributed by atoms with E-state index in [9.17, 15) is 24.3 Å². The Morgan fingerprint density at radius 3 is 2.37 bits per heavy atom. The van der Waals surface area contributed by atoms with Gasteiger partial charge in [-0.05, 0) is 42.0 Å². The van der Waals surface area contributed by atoms with Crippen molar-refractivity contribution in [1.29, 1.82) is 0 Å². The molecule has 0 spiro atoms. The summed E-state index contributed by atoms with van der Waals surface area (Å²) in [6.07, 6.45) is 0.765. The number of fused-ring (bicyclic) bond motifs is 3. The minimum absolute atomic E-state index is 0.0825. The van der Waals surface area contributed by atoms with Gasteiger partial charge < -0.3 is 15.2 Å². The molecule has 0 bridgehead atoms. The van der Waals surface area contributed by atoms with Crippen LogP contribution in [-0.4, -0.2) is 52.7 Å². The van der Waals surface area contributed by atoms with Crippen molar-refractivity contribution < 1.29 is 29.0 Å². The van der Waals surface area contributed by atoms with Crippen LogP contribution in [0.5, 0.6) is 0 Å². The van der Waals surface area contributed by atoms with Gasteiger partial charge in [0.2, 0.25) is 11.8 Å². The van der Waals surface area contributed by atoms with Crippen molar-refractivity contribution in [2.24, 2.45) is 5.41 Å². The van der Waals surface area contributed by atoms with E-state index in [0.29, 0.717) is 19.3 Å². The molecule has 2 aromatic rings. The largest absolute Gasteiger partial charge is 0.480 e. The second-order valence-electron chi connectivity index (χ2n) is 9.60. The number of carboxylic acids is 1. The molecule has 5 rings (SSSR count). The number of hydrazine groups is 1. The van der Waals surface area contributed by atoms with Crippen LogP contribution in [0.1, 0.15) is 49.7 Å². The number of aliphatic carboxylic acids is 1. The fourth-order valence-electron chi connectivity index (χ4n) is 5.63. The molecular formula is C26H27N3O6. The van der Waals surface area contributed by atoms with Crippen molar-refractivity contribution in [1.82, 2.24) is 15.8 Å². The first-order valence-corrected chi connectivity index (χ1v) is 11.8. The summed E-state index contributed by atoms with van der Waals surface area (Å²) >= 11 is 0. The van der Waals surface area contributed by atoms with Gasteiger partial charge in [-0.25, -0.2) is 14.6 Å². The number of amides is 3. The van der Waals surface area contributed by atoms with Crippen LogP contribution in [0.2, 0.25) is 0 Å². The van der Waals surface area contributed by atoms with Crippen LogP contribution in [0.4, 0.5) is 4.79 Å². The lowest BCUT2D eigenvalue weighted by Crippen LogP contribution is -2.57. The lowest BCUT2D eigenvalue weighted by molar-refractivity contribution is -0.156. The maximum Gasteiger partial charge on any atom is 0.407 e. The number of alkyl carbamates (subject to hydrolysis) is 1. The number of ether oxygens (including phenoxy) is 1. The van der Waals surface area contributed by atoms with E-state index in [1.54, 1.807) is 6.92 Å². The molecule has 3 N–H and O–H groups in total. The molecule has 1 aliphatic heterocycles. The van der Waals surface area contributed by atoms with Gasteiger partial charge in [-0.15, -0.1) is 0 Å². The number of benzene rings is 2. The predicted molar refractivity (Wildman–Crippen MR) is 125 cm³/mol. The Kier molecular flexibility index (Phi) is 5.70. The summed E-state index contributed by atoms with van der Waals surface area (Å²) in [5.74, 6) is -2.37. The van der Waals surface area contributed by atoms with Crippen molar-refractivity contribution >= 4 is 23.9 Å². The van der Waals surface area contributed by atoms with Gasteiger partial charge in [-0.3, -0.25) is 15.0 Å². The first-order chi connectivity index (χ1) is 16.8. The molecule has 9 heteroatoms. The zero-order valence-corrected chi connectivity index (χ0v) is 19.3. The third-order valence-electron chi connectivity index (χ3n) is 7.52. The first-order valence-electron chi connectivity index (χ1n) is 11.8. The maximum absolute atomic E-state index is 13.3. The van der Waals surface area contributed by atoms with Gasteiger partial charge in [0.25, 0.3) is 0 Å². The summed E-state index contributed by atoms with van der Waals surface area (Å²) < 4.78 is 5.64. The number of nitrogens with zero attached hydrogens (tertiary/aromatic N) is 1. The van der Waals surface area contributed by atoms with Gasteiger partial charge in [0.05, 0.1) is 11.8 Å². The van der Waals surface area contributed by atoms with Gasteiger partial charge >= 0.3 is 12.1 Å². The van der Waals surface area contributed by atoms with Crippen LogP contribution in [0, 0.1) is 5.41 Å². The highest BCUT2D eigenvalue weighted by molar-refractivity contribution is 5.96. The highest BCUT2D eigenvalue weighted by Crippen LogP contribution is 2.45. The average Bonchev–Trinajstić information content (AvgIpc) is 3.51. The van der Waals surface area contributed by atoms with E-state index in [0.717, 1.165) is 27.3 Å².